The summed E-state index contributed by atoms with van der Waals surface area (Å²) in [6.45, 7) is 11.0. The predicted octanol–water partition coefficient (Wildman–Crippen LogP) is 3.36. The van der Waals surface area contributed by atoms with Crippen LogP contribution in [0.1, 0.15) is 60.3 Å². The molecule has 0 aromatic rings. The Morgan fingerprint density at radius 3 is 2.44 bits per heavy atom. The third-order valence-corrected chi connectivity index (χ3v) is 4.03. The fraction of sp³-hybridized carbons (Fsp3) is 0.929. The molecule has 0 aromatic carbocycles. The van der Waals surface area contributed by atoms with Crippen molar-refractivity contribution in [2.24, 2.45) is 17.3 Å². The molecule has 0 saturated heterocycles. The molecule has 3 atom stereocenters. The highest BCUT2D eigenvalue weighted by atomic mass is 16.1. The Morgan fingerprint density at radius 1 is 1.38 bits per heavy atom. The van der Waals surface area contributed by atoms with Crippen LogP contribution in [0.3, 0.4) is 0 Å². The molecule has 1 N–H and O–H groups in total. The van der Waals surface area contributed by atoms with Crippen LogP contribution in [0.5, 0.6) is 0 Å². The summed E-state index contributed by atoms with van der Waals surface area (Å²) in [5.41, 5.74) is 0.223. The van der Waals surface area contributed by atoms with Crippen molar-refractivity contribution < 1.29 is 4.79 Å². The minimum atomic E-state index is 0.223. The number of hydrogen-bond acceptors (Lipinski definition) is 1. The highest BCUT2D eigenvalue weighted by Crippen LogP contribution is 2.29. The van der Waals surface area contributed by atoms with Gasteiger partial charge >= 0.3 is 0 Å². The van der Waals surface area contributed by atoms with E-state index in [-0.39, 0.29) is 11.3 Å². The molecule has 1 amide bonds. The zero-order valence-corrected chi connectivity index (χ0v) is 11.5. The molecule has 1 rings (SSSR count). The zero-order valence-electron chi connectivity index (χ0n) is 11.5. The zero-order chi connectivity index (χ0) is 12.3. The van der Waals surface area contributed by atoms with Crippen LogP contribution in [0, 0.1) is 17.3 Å². The second-order valence-corrected chi connectivity index (χ2v) is 6.65. The van der Waals surface area contributed by atoms with E-state index in [0.717, 1.165) is 18.8 Å². The van der Waals surface area contributed by atoms with E-state index in [4.69, 9.17) is 0 Å². The number of carbonyl (C=O) groups excluding carboxylic acids is 1. The molecular formula is C14H27NO. The topological polar surface area (TPSA) is 29.1 Å². The maximum Gasteiger partial charge on any atom is 0.220 e. The molecule has 0 aromatic heterocycles. The van der Waals surface area contributed by atoms with Gasteiger partial charge in [-0.1, -0.05) is 34.6 Å². The number of amides is 1. The Balaban J connectivity index is 2.31. The van der Waals surface area contributed by atoms with Gasteiger partial charge in [0, 0.05) is 12.5 Å². The van der Waals surface area contributed by atoms with Crippen LogP contribution in [0.4, 0.5) is 0 Å². The van der Waals surface area contributed by atoms with Crippen LogP contribution in [-0.2, 0) is 4.79 Å². The second kappa shape index (κ2) is 5.20. The van der Waals surface area contributed by atoms with Gasteiger partial charge < -0.3 is 5.32 Å². The molecular weight excluding hydrogens is 198 g/mol. The first-order chi connectivity index (χ1) is 7.29. The van der Waals surface area contributed by atoms with Crippen LogP contribution in [0.25, 0.3) is 0 Å². The lowest BCUT2D eigenvalue weighted by Crippen LogP contribution is -2.35. The standard InChI is InChI=1S/C14H27NO/c1-10-6-7-12(8-10)15-13(16)9-11(2)14(3,4)5/h10-12H,6-9H2,1-5H3,(H,15,16). The molecule has 0 radical (unpaired) electrons. The van der Waals surface area contributed by atoms with Crippen molar-refractivity contribution in [1.82, 2.24) is 5.32 Å². The SMILES string of the molecule is CC1CCC(NC(=O)CC(C)C(C)(C)C)C1. The van der Waals surface area contributed by atoms with E-state index in [1.807, 2.05) is 0 Å². The monoisotopic (exact) mass is 225 g/mol. The summed E-state index contributed by atoms with van der Waals surface area (Å²) < 4.78 is 0. The van der Waals surface area contributed by atoms with Crippen molar-refractivity contribution in [3.8, 4) is 0 Å². The molecule has 16 heavy (non-hydrogen) atoms. The van der Waals surface area contributed by atoms with Crippen molar-refractivity contribution >= 4 is 5.91 Å². The Kier molecular flexibility index (Phi) is 4.40. The van der Waals surface area contributed by atoms with Crippen LogP contribution in [0.15, 0.2) is 0 Å². The Morgan fingerprint density at radius 2 is 2.00 bits per heavy atom. The fourth-order valence-electron chi connectivity index (χ4n) is 2.21. The van der Waals surface area contributed by atoms with Crippen molar-refractivity contribution in [3.05, 3.63) is 0 Å². The summed E-state index contributed by atoms with van der Waals surface area (Å²) in [4.78, 5) is 11.9. The van der Waals surface area contributed by atoms with E-state index in [9.17, 15) is 4.79 Å². The lowest BCUT2D eigenvalue weighted by atomic mass is 9.80. The van der Waals surface area contributed by atoms with Crippen LogP contribution < -0.4 is 5.32 Å². The Hall–Kier alpha value is -0.530. The normalized spacial score (nSPS) is 27.8. The number of carbonyl (C=O) groups is 1. The summed E-state index contributed by atoms with van der Waals surface area (Å²) in [6, 6.07) is 0.440. The minimum Gasteiger partial charge on any atom is -0.353 e. The molecule has 3 unspecified atom stereocenters. The smallest absolute Gasteiger partial charge is 0.220 e. The molecule has 1 aliphatic rings. The summed E-state index contributed by atoms with van der Waals surface area (Å²) >= 11 is 0. The van der Waals surface area contributed by atoms with Gasteiger partial charge in [0.25, 0.3) is 0 Å². The van der Waals surface area contributed by atoms with Gasteiger partial charge in [0.15, 0.2) is 0 Å². The first-order valence-corrected chi connectivity index (χ1v) is 6.58. The fourth-order valence-corrected chi connectivity index (χ4v) is 2.21. The predicted molar refractivity (Wildman–Crippen MR) is 68.2 cm³/mol. The second-order valence-electron chi connectivity index (χ2n) is 6.65. The van der Waals surface area contributed by atoms with Crippen LogP contribution in [-0.4, -0.2) is 11.9 Å². The maximum absolute atomic E-state index is 11.9. The van der Waals surface area contributed by atoms with Gasteiger partial charge in [-0.05, 0) is 36.5 Å². The van der Waals surface area contributed by atoms with E-state index < -0.39 is 0 Å². The van der Waals surface area contributed by atoms with Crippen molar-refractivity contribution in [3.63, 3.8) is 0 Å². The van der Waals surface area contributed by atoms with Gasteiger partial charge in [-0.2, -0.15) is 0 Å². The van der Waals surface area contributed by atoms with Crippen LogP contribution >= 0.6 is 0 Å². The lowest BCUT2D eigenvalue weighted by Gasteiger charge is -2.27. The molecule has 0 bridgehead atoms. The van der Waals surface area contributed by atoms with Gasteiger partial charge in [-0.15, -0.1) is 0 Å². The molecule has 1 aliphatic carbocycles. The molecule has 1 saturated carbocycles. The van der Waals surface area contributed by atoms with E-state index >= 15 is 0 Å². The quantitative estimate of drug-likeness (QED) is 0.784. The van der Waals surface area contributed by atoms with Gasteiger partial charge in [-0.25, -0.2) is 0 Å². The molecule has 2 heteroatoms. The van der Waals surface area contributed by atoms with E-state index in [1.165, 1.54) is 6.42 Å². The molecule has 0 aliphatic heterocycles. The molecule has 94 valence electrons. The third kappa shape index (κ3) is 4.15. The van der Waals surface area contributed by atoms with Crippen molar-refractivity contribution in [2.45, 2.75) is 66.3 Å². The van der Waals surface area contributed by atoms with Crippen molar-refractivity contribution in [1.29, 1.82) is 0 Å². The Labute approximate surface area is 100 Å². The third-order valence-electron chi connectivity index (χ3n) is 4.03. The first-order valence-electron chi connectivity index (χ1n) is 6.58. The highest BCUT2D eigenvalue weighted by molar-refractivity contribution is 5.76. The average molecular weight is 225 g/mol. The maximum atomic E-state index is 11.9. The van der Waals surface area contributed by atoms with E-state index in [2.05, 4.69) is 39.9 Å². The summed E-state index contributed by atoms with van der Waals surface area (Å²) in [5, 5.41) is 3.17. The number of nitrogens with one attached hydrogen (secondary N) is 1. The molecule has 0 spiro atoms. The van der Waals surface area contributed by atoms with Crippen molar-refractivity contribution in [2.75, 3.05) is 0 Å². The summed E-state index contributed by atoms with van der Waals surface area (Å²) in [7, 11) is 0. The molecule has 1 fully saturated rings. The largest absolute Gasteiger partial charge is 0.353 e. The first kappa shape index (κ1) is 13.5. The summed E-state index contributed by atoms with van der Waals surface area (Å²) in [6.07, 6.45) is 4.25. The van der Waals surface area contributed by atoms with Gasteiger partial charge in [0.1, 0.15) is 0 Å². The highest BCUT2D eigenvalue weighted by Gasteiger charge is 2.26. The summed E-state index contributed by atoms with van der Waals surface area (Å²) in [5.74, 6) is 1.46. The minimum absolute atomic E-state index is 0.223. The molecule has 0 heterocycles. The van der Waals surface area contributed by atoms with E-state index in [1.54, 1.807) is 0 Å². The lowest BCUT2D eigenvalue weighted by molar-refractivity contribution is -0.123. The van der Waals surface area contributed by atoms with Gasteiger partial charge in [0.05, 0.1) is 0 Å². The van der Waals surface area contributed by atoms with E-state index in [0.29, 0.717) is 18.4 Å². The van der Waals surface area contributed by atoms with Gasteiger partial charge in [-0.3, -0.25) is 4.79 Å². The number of rotatable bonds is 3. The number of hydrogen-bond donors (Lipinski definition) is 1. The van der Waals surface area contributed by atoms with Crippen LogP contribution in [0.2, 0.25) is 0 Å². The Bertz CT molecular complexity index is 242. The molecule has 2 nitrogen and oxygen atoms in total. The van der Waals surface area contributed by atoms with Gasteiger partial charge in [0.2, 0.25) is 5.91 Å². The average Bonchev–Trinajstić information content (AvgIpc) is 2.49.